The molecule has 21 heavy (non-hydrogen) atoms. The third-order valence-electron chi connectivity index (χ3n) is 4.34. The van der Waals surface area contributed by atoms with E-state index in [-0.39, 0.29) is 5.91 Å². The van der Waals surface area contributed by atoms with Crippen LogP contribution in [-0.4, -0.2) is 37.5 Å². The second-order valence-corrected chi connectivity index (χ2v) is 6.47. The van der Waals surface area contributed by atoms with Gasteiger partial charge in [0.25, 0.3) is 0 Å². The van der Waals surface area contributed by atoms with Crippen LogP contribution in [0.3, 0.4) is 0 Å². The Bertz CT molecular complexity index is 430. The molecule has 116 valence electrons. The Balaban J connectivity index is 1.80. The van der Waals surface area contributed by atoms with E-state index in [1.807, 2.05) is 18.2 Å². The van der Waals surface area contributed by atoms with E-state index in [4.69, 9.17) is 0 Å². The van der Waals surface area contributed by atoms with Crippen LogP contribution in [0.2, 0.25) is 0 Å². The molecule has 1 fully saturated rings. The van der Waals surface area contributed by atoms with Gasteiger partial charge in [0.1, 0.15) is 0 Å². The van der Waals surface area contributed by atoms with Crippen molar-refractivity contribution >= 4 is 5.91 Å². The normalized spacial score (nSPS) is 22.2. The van der Waals surface area contributed by atoms with E-state index < -0.39 is 0 Å². The summed E-state index contributed by atoms with van der Waals surface area (Å²) in [5, 5.41) is 3.28. The molecule has 2 atom stereocenters. The van der Waals surface area contributed by atoms with Crippen LogP contribution in [0.25, 0.3) is 0 Å². The molecule has 0 radical (unpaired) electrons. The monoisotopic (exact) mass is 288 g/mol. The fourth-order valence-corrected chi connectivity index (χ4v) is 3.27. The molecule has 0 bridgehead atoms. The average Bonchev–Trinajstić information content (AvgIpc) is 2.48. The van der Waals surface area contributed by atoms with Gasteiger partial charge in [-0.3, -0.25) is 4.79 Å². The van der Waals surface area contributed by atoms with Crippen LogP contribution in [0.5, 0.6) is 0 Å². The van der Waals surface area contributed by atoms with E-state index >= 15 is 0 Å². The summed E-state index contributed by atoms with van der Waals surface area (Å²) in [4.78, 5) is 14.4. The van der Waals surface area contributed by atoms with Gasteiger partial charge in [0, 0.05) is 19.0 Å². The number of nitrogens with one attached hydrogen (secondary N) is 1. The first-order valence-corrected chi connectivity index (χ1v) is 8.13. The summed E-state index contributed by atoms with van der Waals surface area (Å²) in [7, 11) is 4.23. The molecule has 1 aliphatic rings. The lowest BCUT2D eigenvalue weighted by molar-refractivity contribution is -0.122. The number of hydrogen-bond acceptors (Lipinski definition) is 2. The summed E-state index contributed by atoms with van der Waals surface area (Å²) in [5.41, 5.74) is 1.24. The highest BCUT2D eigenvalue weighted by Crippen LogP contribution is 2.25. The van der Waals surface area contributed by atoms with Crippen molar-refractivity contribution in [2.45, 2.75) is 44.6 Å². The molecule has 0 spiro atoms. The zero-order valence-electron chi connectivity index (χ0n) is 13.3. The Hall–Kier alpha value is -1.35. The minimum atomic E-state index is 0.203. The van der Waals surface area contributed by atoms with Gasteiger partial charge in [-0.25, -0.2) is 0 Å². The Morgan fingerprint density at radius 3 is 2.62 bits per heavy atom. The van der Waals surface area contributed by atoms with Crippen LogP contribution in [0.1, 0.15) is 37.7 Å². The van der Waals surface area contributed by atoms with E-state index in [2.05, 4.69) is 36.4 Å². The molecular formula is C18H28N2O. The van der Waals surface area contributed by atoms with E-state index in [0.29, 0.717) is 18.4 Å². The van der Waals surface area contributed by atoms with Gasteiger partial charge >= 0.3 is 0 Å². The van der Waals surface area contributed by atoms with Crippen LogP contribution >= 0.6 is 0 Å². The lowest BCUT2D eigenvalue weighted by Gasteiger charge is -2.34. The lowest BCUT2D eigenvalue weighted by Crippen LogP contribution is -2.45. The Kier molecular flexibility index (Phi) is 6.24. The molecule has 3 heteroatoms. The number of hydrogen-bond donors (Lipinski definition) is 1. The number of carbonyl (C=O) groups excluding carboxylic acids is 1. The van der Waals surface area contributed by atoms with Gasteiger partial charge in [0.05, 0.1) is 0 Å². The largest absolute Gasteiger partial charge is 0.353 e. The zero-order valence-corrected chi connectivity index (χ0v) is 13.3. The van der Waals surface area contributed by atoms with E-state index in [1.54, 1.807) is 0 Å². The van der Waals surface area contributed by atoms with Crippen LogP contribution in [0.15, 0.2) is 30.3 Å². The maximum atomic E-state index is 12.2. The van der Waals surface area contributed by atoms with Gasteiger partial charge < -0.3 is 10.2 Å². The molecule has 1 aliphatic carbocycles. The summed E-state index contributed by atoms with van der Waals surface area (Å²) in [5.74, 6) is 0.809. The molecule has 2 unspecified atom stereocenters. The molecule has 0 aliphatic heterocycles. The second-order valence-electron chi connectivity index (χ2n) is 6.47. The van der Waals surface area contributed by atoms with Crippen LogP contribution in [0.4, 0.5) is 0 Å². The van der Waals surface area contributed by atoms with Gasteiger partial charge in [-0.05, 0) is 44.8 Å². The first kappa shape index (κ1) is 16.0. The molecule has 0 aromatic heterocycles. The topological polar surface area (TPSA) is 32.3 Å². The number of benzene rings is 1. The zero-order chi connectivity index (χ0) is 15.1. The summed E-state index contributed by atoms with van der Waals surface area (Å²) >= 11 is 0. The molecule has 3 nitrogen and oxygen atoms in total. The highest BCUT2D eigenvalue weighted by Gasteiger charge is 2.26. The Labute approximate surface area is 128 Å². The van der Waals surface area contributed by atoms with Crippen LogP contribution < -0.4 is 5.32 Å². The average molecular weight is 288 g/mol. The van der Waals surface area contributed by atoms with Crippen molar-refractivity contribution < 1.29 is 4.79 Å². The minimum absolute atomic E-state index is 0.203. The number of amides is 1. The smallest absolute Gasteiger partial charge is 0.220 e. The predicted octanol–water partition coefficient (Wildman–Crippen LogP) is 2.86. The lowest BCUT2D eigenvalue weighted by atomic mass is 9.84. The number of aryl methyl sites for hydroxylation is 1. The molecule has 1 N–H and O–H groups in total. The number of rotatable bonds is 6. The van der Waals surface area contributed by atoms with Crippen molar-refractivity contribution in [1.82, 2.24) is 10.2 Å². The highest BCUT2D eigenvalue weighted by molar-refractivity contribution is 5.76. The summed E-state index contributed by atoms with van der Waals surface area (Å²) in [6.45, 7) is 1.07. The van der Waals surface area contributed by atoms with Crippen molar-refractivity contribution in [2.24, 2.45) is 5.92 Å². The van der Waals surface area contributed by atoms with Crippen LogP contribution in [-0.2, 0) is 11.2 Å². The fourth-order valence-electron chi connectivity index (χ4n) is 3.27. The molecule has 0 heterocycles. The molecule has 2 rings (SSSR count). The quantitative estimate of drug-likeness (QED) is 0.873. The van der Waals surface area contributed by atoms with Crippen molar-refractivity contribution in [3.05, 3.63) is 35.9 Å². The summed E-state index contributed by atoms with van der Waals surface area (Å²) in [6.07, 6.45) is 6.34. The first-order valence-electron chi connectivity index (χ1n) is 8.13. The van der Waals surface area contributed by atoms with E-state index in [1.165, 1.54) is 24.8 Å². The van der Waals surface area contributed by atoms with Crippen LogP contribution in [0, 0.1) is 5.92 Å². The third-order valence-corrected chi connectivity index (χ3v) is 4.34. The third kappa shape index (κ3) is 5.50. The van der Waals surface area contributed by atoms with Crippen molar-refractivity contribution in [3.8, 4) is 0 Å². The molecule has 1 amide bonds. The standard InChI is InChI=1S/C18H28N2O/c1-20(2)14-16-10-6-7-11-17(16)19-18(21)13-12-15-8-4-3-5-9-15/h3-5,8-9,16-17H,6-7,10-14H2,1-2H3,(H,19,21). The number of carbonyl (C=O) groups is 1. The summed E-state index contributed by atoms with van der Waals surface area (Å²) in [6, 6.07) is 10.6. The molecule has 1 aromatic carbocycles. The molecule has 0 saturated heterocycles. The fraction of sp³-hybridized carbons (Fsp3) is 0.611. The molecule has 1 saturated carbocycles. The van der Waals surface area contributed by atoms with E-state index in [0.717, 1.165) is 19.4 Å². The van der Waals surface area contributed by atoms with E-state index in [9.17, 15) is 4.79 Å². The molecule has 1 aromatic rings. The van der Waals surface area contributed by atoms with Gasteiger partial charge in [-0.15, -0.1) is 0 Å². The predicted molar refractivity (Wildman–Crippen MR) is 87.2 cm³/mol. The van der Waals surface area contributed by atoms with Gasteiger partial charge in [0.2, 0.25) is 5.91 Å². The van der Waals surface area contributed by atoms with Gasteiger partial charge in [-0.1, -0.05) is 43.2 Å². The first-order chi connectivity index (χ1) is 10.1. The maximum absolute atomic E-state index is 12.2. The highest BCUT2D eigenvalue weighted by atomic mass is 16.1. The Morgan fingerprint density at radius 2 is 1.90 bits per heavy atom. The van der Waals surface area contributed by atoms with Gasteiger partial charge in [-0.2, -0.15) is 0 Å². The van der Waals surface area contributed by atoms with Crippen molar-refractivity contribution in [1.29, 1.82) is 0 Å². The van der Waals surface area contributed by atoms with Crippen molar-refractivity contribution in [2.75, 3.05) is 20.6 Å². The van der Waals surface area contributed by atoms with Gasteiger partial charge in [0.15, 0.2) is 0 Å². The number of nitrogens with zero attached hydrogens (tertiary/aromatic N) is 1. The summed E-state index contributed by atoms with van der Waals surface area (Å²) < 4.78 is 0. The minimum Gasteiger partial charge on any atom is -0.353 e. The maximum Gasteiger partial charge on any atom is 0.220 e. The second kappa shape index (κ2) is 8.18. The SMILES string of the molecule is CN(C)CC1CCCCC1NC(=O)CCc1ccccc1. The van der Waals surface area contributed by atoms with Crippen molar-refractivity contribution in [3.63, 3.8) is 0 Å². The Morgan fingerprint density at radius 1 is 1.19 bits per heavy atom. The molecular weight excluding hydrogens is 260 g/mol.